The van der Waals surface area contributed by atoms with Crippen LogP contribution in [0.1, 0.15) is 0 Å². The Morgan fingerprint density at radius 3 is 2.64 bits per heavy atom. The van der Waals surface area contributed by atoms with Gasteiger partial charge in [0.05, 0.1) is 0 Å². The van der Waals surface area contributed by atoms with Gasteiger partial charge < -0.3 is 0 Å². The van der Waals surface area contributed by atoms with Crippen LogP contribution < -0.4 is 0 Å². The second kappa shape index (κ2) is 2.50. The van der Waals surface area contributed by atoms with Crippen molar-refractivity contribution in [2.75, 3.05) is 0 Å². The monoisotopic (exact) mass is 210 g/mol. The Bertz CT molecular complexity index is 384. The Hall–Kier alpha value is -1.10. The summed E-state index contributed by atoms with van der Waals surface area (Å²) in [5.41, 5.74) is 1.30. The van der Waals surface area contributed by atoms with Crippen molar-refractivity contribution >= 4 is 27.1 Å². The molecule has 0 aliphatic rings. The zero-order valence-electron chi connectivity index (χ0n) is 5.40. The Kier molecular flexibility index (Phi) is 1.50. The Morgan fingerprint density at radius 1 is 1.00 bits per heavy atom. The zero-order chi connectivity index (χ0) is 7.68. The molecule has 0 saturated carbocycles. The van der Waals surface area contributed by atoms with Gasteiger partial charge in [0.25, 0.3) is 0 Å². The summed E-state index contributed by atoms with van der Waals surface area (Å²) in [5, 5.41) is 0. The van der Waals surface area contributed by atoms with Crippen molar-refractivity contribution in [3.8, 4) is 0 Å². The number of aromatic nitrogens is 4. The van der Waals surface area contributed by atoms with Gasteiger partial charge in [0.1, 0.15) is 16.4 Å². The average molecular weight is 211 g/mol. The van der Waals surface area contributed by atoms with Crippen molar-refractivity contribution in [3.05, 3.63) is 23.3 Å². The summed E-state index contributed by atoms with van der Waals surface area (Å²) in [4.78, 5) is 15.9. The van der Waals surface area contributed by atoms with Gasteiger partial charge in [-0.25, -0.2) is 19.9 Å². The quantitative estimate of drug-likeness (QED) is 0.614. The molecule has 0 aliphatic carbocycles. The van der Waals surface area contributed by atoms with Crippen LogP contribution in [0, 0.1) is 0 Å². The van der Waals surface area contributed by atoms with E-state index in [0.717, 1.165) is 0 Å². The molecule has 4 nitrogen and oxygen atoms in total. The van der Waals surface area contributed by atoms with E-state index in [4.69, 9.17) is 0 Å². The SMILES string of the molecule is Brc1ncnc2nccnc12. The minimum Gasteiger partial charge on any atom is -0.248 e. The highest BCUT2D eigenvalue weighted by molar-refractivity contribution is 9.10. The molecule has 2 aromatic rings. The Balaban J connectivity index is 2.91. The molecule has 11 heavy (non-hydrogen) atoms. The van der Waals surface area contributed by atoms with Crippen LogP contribution in [-0.2, 0) is 0 Å². The van der Waals surface area contributed by atoms with Crippen molar-refractivity contribution in [2.45, 2.75) is 0 Å². The molecule has 5 heteroatoms. The lowest BCUT2D eigenvalue weighted by Gasteiger charge is -1.93. The molecule has 0 amide bonds. The summed E-state index contributed by atoms with van der Waals surface area (Å²) in [6, 6.07) is 0. The summed E-state index contributed by atoms with van der Waals surface area (Å²) < 4.78 is 0.676. The molecule has 0 aliphatic heterocycles. The molecule has 2 heterocycles. The number of rotatable bonds is 0. The first-order chi connectivity index (χ1) is 5.38. The third-order valence-electron chi connectivity index (χ3n) is 1.23. The number of nitrogens with zero attached hydrogens (tertiary/aromatic N) is 4. The van der Waals surface area contributed by atoms with Crippen molar-refractivity contribution < 1.29 is 0 Å². The predicted octanol–water partition coefficient (Wildman–Crippen LogP) is 1.18. The number of hydrogen-bond acceptors (Lipinski definition) is 4. The standard InChI is InChI=1S/C6H3BrN4/c7-5-4-6(11-3-10-5)9-2-1-8-4/h1-3H. The molecule has 0 fully saturated rings. The van der Waals surface area contributed by atoms with Gasteiger partial charge in [-0.15, -0.1) is 0 Å². The largest absolute Gasteiger partial charge is 0.248 e. The molecule has 0 saturated heterocycles. The molecular weight excluding hydrogens is 208 g/mol. The van der Waals surface area contributed by atoms with Crippen molar-refractivity contribution in [1.29, 1.82) is 0 Å². The fourth-order valence-electron chi connectivity index (χ4n) is 0.766. The van der Waals surface area contributed by atoms with Crippen molar-refractivity contribution in [1.82, 2.24) is 19.9 Å². The van der Waals surface area contributed by atoms with Gasteiger partial charge in [-0.3, -0.25) is 0 Å². The Labute approximate surface area is 70.9 Å². The van der Waals surface area contributed by atoms with Crippen molar-refractivity contribution in [3.63, 3.8) is 0 Å². The maximum Gasteiger partial charge on any atom is 0.182 e. The van der Waals surface area contributed by atoms with Crippen LogP contribution >= 0.6 is 15.9 Å². The fourth-order valence-corrected chi connectivity index (χ4v) is 1.14. The molecule has 0 aromatic carbocycles. The second-order valence-electron chi connectivity index (χ2n) is 1.89. The topological polar surface area (TPSA) is 51.6 Å². The molecule has 0 spiro atoms. The van der Waals surface area contributed by atoms with Gasteiger partial charge in [-0.05, 0) is 15.9 Å². The van der Waals surface area contributed by atoms with E-state index in [1.165, 1.54) is 6.33 Å². The van der Waals surface area contributed by atoms with E-state index in [2.05, 4.69) is 35.9 Å². The summed E-state index contributed by atoms with van der Waals surface area (Å²) >= 11 is 3.24. The normalized spacial score (nSPS) is 10.3. The molecule has 0 unspecified atom stereocenters. The van der Waals surface area contributed by atoms with E-state index in [1.54, 1.807) is 12.4 Å². The highest BCUT2D eigenvalue weighted by atomic mass is 79.9. The van der Waals surface area contributed by atoms with E-state index in [-0.39, 0.29) is 0 Å². The second-order valence-corrected chi connectivity index (χ2v) is 2.64. The number of fused-ring (bicyclic) bond motifs is 1. The first-order valence-corrected chi connectivity index (χ1v) is 3.74. The maximum absolute atomic E-state index is 4.05. The van der Waals surface area contributed by atoms with Crippen LogP contribution in [0.25, 0.3) is 11.2 Å². The minimum absolute atomic E-state index is 0.606. The van der Waals surface area contributed by atoms with E-state index in [9.17, 15) is 0 Å². The van der Waals surface area contributed by atoms with Gasteiger partial charge in [0.2, 0.25) is 0 Å². The summed E-state index contributed by atoms with van der Waals surface area (Å²) in [6.45, 7) is 0. The van der Waals surface area contributed by atoms with Crippen LogP contribution in [0.2, 0.25) is 0 Å². The lowest BCUT2D eigenvalue weighted by atomic mass is 10.5. The van der Waals surface area contributed by atoms with Gasteiger partial charge in [0.15, 0.2) is 5.65 Å². The van der Waals surface area contributed by atoms with Gasteiger partial charge in [-0.2, -0.15) is 0 Å². The smallest absolute Gasteiger partial charge is 0.182 e. The number of hydrogen-bond donors (Lipinski definition) is 0. The van der Waals surface area contributed by atoms with E-state index in [0.29, 0.717) is 15.8 Å². The van der Waals surface area contributed by atoms with Crippen LogP contribution in [0.3, 0.4) is 0 Å². The molecule has 54 valence electrons. The molecule has 2 aromatic heterocycles. The zero-order valence-corrected chi connectivity index (χ0v) is 6.98. The Morgan fingerprint density at radius 2 is 1.82 bits per heavy atom. The highest BCUT2D eigenvalue weighted by Gasteiger charge is 1.99. The molecule has 0 bridgehead atoms. The van der Waals surface area contributed by atoms with Crippen LogP contribution in [0.4, 0.5) is 0 Å². The molecule has 2 rings (SSSR count). The first-order valence-electron chi connectivity index (χ1n) is 2.95. The van der Waals surface area contributed by atoms with Gasteiger partial charge in [0, 0.05) is 12.4 Å². The summed E-state index contributed by atoms with van der Waals surface area (Å²) in [7, 11) is 0. The molecule has 0 atom stereocenters. The average Bonchev–Trinajstić information content (AvgIpc) is 2.06. The summed E-state index contributed by atoms with van der Waals surface area (Å²) in [5.74, 6) is 0. The lowest BCUT2D eigenvalue weighted by Crippen LogP contribution is -1.88. The number of halogens is 1. The van der Waals surface area contributed by atoms with Crippen LogP contribution in [0.5, 0.6) is 0 Å². The minimum atomic E-state index is 0.606. The van der Waals surface area contributed by atoms with Gasteiger partial charge >= 0.3 is 0 Å². The third-order valence-corrected chi connectivity index (χ3v) is 1.81. The first kappa shape index (κ1) is 6.60. The van der Waals surface area contributed by atoms with Gasteiger partial charge in [-0.1, -0.05) is 0 Å². The molecule has 0 radical (unpaired) electrons. The van der Waals surface area contributed by atoms with Crippen molar-refractivity contribution in [2.24, 2.45) is 0 Å². The van der Waals surface area contributed by atoms with Crippen LogP contribution in [-0.4, -0.2) is 19.9 Å². The van der Waals surface area contributed by atoms with E-state index >= 15 is 0 Å². The molecule has 0 N–H and O–H groups in total. The predicted molar refractivity (Wildman–Crippen MR) is 42.8 cm³/mol. The maximum atomic E-state index is 4.05. The fraction of sp³-hybridized carbons (Fsp3) is 0. The lowest BCUT2D eigenvalue weighted by molar-refractivity contribution is 1.12. The highest BCUT2D eigenvalue weighted by Crippen LogP contribution is 2.13. The van der Waals surface area contributed by atoms with E-state index in [1.807, 2.05) is 0 Å². The van der Waals surface area contributed by atoms with Crippen LogP contribution in [0.15, 0.2) is 23.3 Å². The third kappa shape index (κ3) is 1.07. The van der Waals surface area contributed by atoms with E-state index < -0.39 is 0 Å². The summed E-state index contributed by atoms with van der Waals surface area (Å²) in [6.07, 6.45) is 4.65. The molecular formula is C6H3BrN4.